The number of aliphatic hydroxyl groups excluding tert-OH is 1. The molecule has 0 amide bonds. The van der Waals surface area contributed by atoms with Gasteiger partial charge in [-0.2, -0.15) is 0 Å². The van der Waals surface area contributed by atoms with Crippen molar-refractivity contribution >= 4 is 0 Å². The molecule has 2 nitrogen and oxygen atoms in total. The van der Waals surface area contributed by atoms with Crippen molar-refractivity contribution in [2.75, 3.05) is 19.6 Å². The summed E-state index contributed by atoms with van der Waals surface area (Å²) in [6, 6.07) is 4.74. The van der Waals surface area contributed by atoms with Crippen LogP contribution in [0.25, 0.3) is 0 Å². The predicted molar refractivity (Wildman–Crippen MR) is 77.5 cm³/mol. The Bertz CT molecular complexity index is 421. The molecule has 1 rings (SSSR count). The summed E-state index contributed by atoms with van der Waals surface area (Å²) in [6.07, 6.45) is 3.69. The molecule has 19 heavy (non-hydrogen) atoms. The van der Waals surface area contributed by atoms with E-state index in [0.717, 1.165) is 25.2 Å². The van der Waals surface area contributed by atoms with Crippen LogP contribution in [0.2, 0.25) is 0 Å². The molecule has 0 saturated carbocycles. The maximum atomic E-state index is 13.2. The number of halogens is 1. The smallest absolute Gasteiger partial charge is 0.126 e. The van der Waals surface area contributed by atoms with Crippen LogP contribution in [-0.2, 0) is 0 Å². The first-order valence-corrected chi connectivity index (χ1v) is 6.46. The van der Waals surface area contributed by atoms with Crippen LogP contribution in [0.4, 0.5) is 4.39 Å². The molecule has 0 aromatic heterocycles. The molecule has 1 aromatic carbocycles. The van der Waals surface area contributed by atoms with Crippen LogP contribution in [0.1, 0.15) is 23.7 Å². The molecule has 0 bridgehead atoms. The van der Waals surface area contributed by atoms with Gasteiger partial charge in [-0.1, -0.05) is 24.3 Å². The minimum Gasteiger partial charge on any atom is -0.388 e. The Morgan fingerprint density at radius 2 is 1.95 bits per heavy atom. The maximum Gasteiger partial charge on any atom is 0.126 e. The number of hydrogen-bond donors (Lipinski definition) is 1. The van der Waals surface area contributed by atoms with E-state index in [1.807, 2.05) is 12.2 Å². The molecular weight excluding hydrogens is 241 g/mol. The van der Waals surface area contributed by atoms with Crippen molar-refractivity contribution in [2.24, 2.45) is 0 Å². The van der Waals surface area contributed by atoms with Crippen molar-refractivity contribution in [3.63, 3.8) is 0 Å². The minimum absolute atomic E-state index is 0.240. The Balaban J connectivity index is 2.57. The summed E-state index contributed by atoms with van der Waals surface area (Å²) in [5, 5.41) is 10.1. The summed E-state index contributed by atoms with van der Waals surface area (Å²) >= 11 is 0. The van der Waals surface area contributed by atoms with E-state index in [4.69, 9.17) is 0 Å². The summed E-state index contributed by atoms with van der Waals surface area (Å²) in [5.41, 5.74) is 1.32. The summed E-state index contributed by atoms with van der Waals surface area (Å²) < 4.78 is 13.2. The third kappa shape index (κ3) is 4.97. The second-order valence-corrected chi connectivity index (χ2v) is 4.65. The monoisotopic (exact) mass is 263 g/mol. The van der Waals surface area contributed by atoms with Crippen molar-refractivity contribution in [3.05, 3.63) is 60.5 Å². The lowest BCUT2D eigenvalue weighted by molar-refractivity contribution is 0.148. The molecule has 0 aliphatic rings. The third-order valence-electron chi connectivity index (χ3n) is 3.06. The van der Waals surface area contributed by atoms with Gasteiger partial charge in [-0.15, -0.1) is 13.2 Å². The number of nitrogens with zero attached hydrogens (tertiary/aromatic N) is 1. The van der Waals surface area contributed by atoms with Crippen LogP contribution in [0.15, 0.2) is 43.5 Å². The first-order chi connectivity index (χ1) is 9.08. The Morgan fingerprint density at radius 3 is 2.47 bits per heavy atom. The van der Waals surface area contributed by atoms with E-state index in [9.17, 15) is 9.50 Å². The lowest BCUT2D eigenvalue weighted by Gasteiger charge is -2.21. The van der Waals surface area contributed by atoms with Gasteiger partial charge < -0.3 is 5.11 Å². The number of benzene rings is 1. The van der Waals surface area contributed by atoms with Gasteiger partial charge in [-0.25, -0.2) is 4.39 Å². The topological polar surface area (TPSA) is 23.5 Å². The average Bonchev–Trinajstić information content (AvgIpc) is 2.39. The zero-order valence-electron chi connectivity index (χ0n) is 11.5. The van der Waals surface area contributed by atoms with E-state index in [2.05, 4.69) is 18.1 Å². The van der Waals surface area contributed by atoms with E-state index in [1.165, 1.54) is 6.07 Å². The van der Waals surface area contributed by atoms with Gasteiger partial charge in [-0.3, -0.25) is 4.90 Å². The van der Waals surface area contributed by atoms with Crippen molar-refractivity contribution < 1.29 is 9.50 Å². The molecule has 1 aromatic rings. The lowest BCUT2D eigenvalue weighted by Crippen LogP contribution is -2.26. The first kappa shape index (κ1) is 15.6. The van der Waals surface area contributed by atoms with Gasteiger partial charge in [0.15, 0.2) is 0 Å². The maximum absolute atomic E-state index is 13.2. The van der Waals surface area contributed by atoms with E-state index in [-0.39, 0.29) is 5.82 Å². The molecule has 0 spiro atoms. The van der Waals surface area contributed by atoms with Crippen LogP contribution in [-0.4, -0.2) is 29.6 Å². The number of aliphatic hydroxyl groups is 1. The molecule has 0 heterocycles. The Morgan fingerprint density at radius 1 is 1.32 bits per heavy atom. The molecule has 0 saturated heterocycles. The molecule has 3 heteroatoms. The first-order valence-electron chi connectivity index (χ1n) is 6.46. The van der Waals surface area contributed by atoms with Crippen molar-refractivity contribution in [1.29, 1.82) is 0 Å². The molecule has 0 fully saturated rings. The highest BCUT2D eigenvalue weighted by Gasteiger charge is 2.11. The predicted octanol–water partition coefficient (Wildman–Crippen LogP) is 3.23. The van der Waals surface area contributed by atoms with Gasteiger partial charge in [-0.05, 0) is 30.5 Å². The number of hydrogen-bond acceptors (Lipinski definition) is 2. The fraction of sp³-hybridized carbons (Fsp3) is 0.375. The van der Waals surface area contributed by atoms with Crippen molar-refractivity contribution in [3.8, 4) is 0 Å². The molecule has 1 atom stereocenters. The van der Waals surface area contributed by atoms with Crippen molar-refractivity contribution in [1.82, 2.24) is 4.90 Å². The quantitative estimate of drug-likeness (QED) is 0.728. The van der Waals surface area contributed by atoms with Gasteiger partial charge in [0, 0.05) is 19.6 Å². The van der Waals surface area contributed by atoms with Gasteiger partial charge in [0.2, 0.25) is 0 Å². The minimum atomic E-state index is -0.573. The summed E-state index contributed by atoms with van der Waals surface area (Å²) in [4.78, 5) is 2.14. The zero-order valence-corrected chi connectivity index (χ0v) is 11.5. The lowest BCUT2D eigenvalue weighted by atomic mass is 10.0. The summed E-state index contributed by atoms with van der Waals surface area (Å²) in [6.45, 7) is 11.4. The second-order valence-electron chi connectivity index (χ2n) is 4.65. The van der Waals surface area contributed by atoms with E-state index in [1.54, 1.807) is 19.1 Å². The highest BCUT2D eigenvalue weighted by atomic mass is 19.1. The molecule has 0 aliphatic carbocycles. The third-order valence-corrected chi connectivity index (χ3v) is 3.06. The average molecular weight is 263 g/mol. The second kappa shape index (κ2) is 7.87. The summed E-state index contributed by atoms with van der Waals surface area (Å²) in [5.74, 6) is -0.240. The molecule has 0 radical (unpaired) electrons. The Labute approximate surface area is 114 Å². The molecule has 1 N–H and O–H groups in total. The van der Waals surface area contributed by atoms with E-state index < -0.39 is 6.10 Å². The fourth-order valence-corrected chi connectivity index (χ4v) is 1.97. The highest BCUT2D eigenvalue weighted by molar-refractivity contribution is 5.25. The van der Waals surface area contributed by atoms with Gasteiger partial charge >= 0.3 is 0 Å². The standard InChI is InChI=1S/C16H22FNO/c1-4-9-18(10-5-2)11-8-16(19)14-6-7-15(17)13(3)12-14/h4-7,12,16,19H,1-2,8-11H2,3H3. The van der Waals surface area contributed by atoms with Crippen molar-refractivity contribution in [2.45, 2.75) is 19.4 Å². The van der Waals surface area contributed by atoms with Crippen LogP contribution in [0, 0.1) is 12.7 Å². The SMILES string of the molecule is C=CCN(CC=C)CCC(O)c1ccc(F)c(C)c1. The molecule has 0 aliphatic heterocycles. The Hall–Kier alpha value is -1.45. The van der Waals surface area contributed by atoms with E-state index in [0.29, 0.717) is 12.0 Å². The molecular formula is C16H22FNO. The van der Waals surface area contributed by atoms with Crippen LogP contribution in [0.3, 0.4) is 0 Å². The zero-order chi connectivity index (χ0) is 14.3. The van der Waals surface area contributed by atoms with Crippen LogP contribution < -0.4 is 0 Å². The van der Waals surface area contributed by atoms with Crippen LogP contribution in [0.5, 0.6) is 0 Å². The number of rotatable bonds is 8. The fourth-order valence-electron chi connectivity index (χ4n) is 1.97. The number of aryl methyl sites for hydroxylation is 1. The van der Waals surface area contributed by atoms with Crippen LogP contribution >= 0.6 is 0 Å². The summed E-state index contributed by atoms with van der Waals surface area (Å²) in [7, 11) is 0. The molecule has 104 valence electrons. The van der Waals surface area contributed by atoms with Gasteiger partial charge in [0.25, 0.3) is 0 Å². The normalized spacial score (nSPS) is 12.4. The molecule has 1 unspecified atom stereocenters. The van der Waals surface area contributed by atoms with Gasteiger partial charge in [0.1, 0.15) is 5.82 Å². The highest BCUT2D eigenvalue weighted by Crippen LogP contribution is 2.19. The Kier molecular flexibility index (Phi) is 6.46. The largest absolute Gasteiger partial charge is 0.388 e. The van der Waals surface area contributed by atoms with E-state index >= 15 is 0 Å². The van der Waals surface area contributed by atoms with Gasteiger partial charge in [0.05, 0.1) is 6.10 Å².